The van der Waals surface area contributed by atoms with E-state index in [0.717, 1.165) is 42.1 Å². The fourth-order valence-electron chi connectivity index (χ4n) is 3.96. The van der Waals surface area contributed by atoms with Gasteiger partial charge in [0.15, 0.2) is 0 Å². The Bertz CT molecular complexity index is 952. The average molecular weight is 375 g/mol. The van der Waals surface area contributed by atoms with Crippen LogP contribution in [0, 0.1) is 13.8 Å². The van der Waals surface area contributed by atoms with Crippen molar-refractivity contribution in [1.82, 2.24) is 25.0 Å². The summed E-state index contributed by atoms with van der Waals surface area (Å²) < 4.78 is 1.94. The number of carbonyl (C=O) groups excluding carboxylic acids is 1. The fraction of sp³-hybridized carbons (Fsp3) is 0.318. The molecule has 2 aromatic heterocycles. The van der Waals surface area contributed by atoms with E-state index in [-0.39, 0.29) is 11.9 Å². The summed E-state index contributed by atoms with van der Waals surface area (Å²) in [5.74, 6) is 0.0554. The van der Waals surface area contributed by atoms with Crippen LogP contribution in [0.15, 0.2) is 54.9 Å². The van der Waals surface area contributed by atoms with Crippen LogP contribution in [-0.2, 0) is 11.2 Å². The van der Waals surface area contributed by atoms with Crippen molar-refractivity contribution in [3.05, 3.63) is 77.4 Å². The lowest BCUT2D eigenvalue weighted by molar-refractivity contribution is -0.129. The van der Waals surface area contributed by atoms with E-state index in [9.17, 15) is 4.79 Å². The Kier molecular flexibility index (Phi) is 5.21. The zero-order chi connectivity index (χ0) is 19.5. The second kappa shape index (κ2) is 7.94. The lowest BCUT2D eigenvalue weighted by atomic mass is 9.99. The number of piperazine rings is 1. The first-order chi connectivity index (χ1) is 13.6. The van der Waals surface area contributed by atoms with Crippen molar-refractivity contribution in [3.63, 3.8) is 0 Å². The summed E-state index contributed by atoms with van der Waals surface area (Å²) in [5, 5.41) is 7.78. The minimum Gasteiger partial charge on any atom is -0.353 e. The van der Waals surface area contributed by atoms with E-state index >= 15 is 0 Å². The van der Waals surface area contributed by atoms with E-state index in [1.54, 1.807) is 0 Å². The lowest BCUT2D eigenvalue weighted by Gasteiger charge is -2.35. The molecule has 0 radical (unpaired) electrons. The number of aryl methyl sites for hydroxylation is 1. The van der Waals surface area contributed by atoms with Gasteiger partial charge in [0.25, 0.3) is 0 Å². The first-order valence-corrected chi connectivity index (χ1v) is 9.67. The molecule has 144 valence electrons. The highest BCUT2D eigenvalue weighted by molar-refractivity contribution is 5.84. The Morgan fingerprint density at radius 3 is 2.61 bits per heavy atom. The van der Waals surface area contributed by atoms with Gasteiger partial charge in [-0.3, -0.25) is 14.7 Å². The van der Waals surface area contributed by atoms with Gasteiger partial charge in [0, 0.05) is 43.3 Å². The fourth-order valence-corrected chi connectivity index (χ4v) is 3.96. The molecule has 3 aromatic rings. The van der Waals surface area contributed by atoms with E-state index < -0.39 is 0 Å². The smallest absolute Gasteiger partial charge is 0.242 e. The molecule has 0 spiro atoms. The quantitative estimate of drug-likeness (QED) is 0.745. The molecular formula is C22H25N5O. The van der Waals surface area contributed by atoms with Crippen LogP contribution in [0.25, 0.3) is 5.69 Å². The summed E-state index contributed by atoms with van der Waals surface area (Å²) in [6.07, 6.45) is 4.51. The summed E-state index contributed by atoms with van der Waals surface area (Å²) in [4.78, 5) is 19.2. The molecule has 1 saturated heterocycles. The van der Waals surface area contributed by atoms with Crippen molar-refractivity contribution in [2.24, 2.45) is 0 Å². The van der Waals surface area contributed by atoms with Gasteiger partial charge in [-0.15, -0.1) is 0 Å². The molecule has 1 N–H and O–H groups in total. The third-order valence-electron chi connectivity index (χ3n) is 5.37. The Morgan fingerprint density at radius 1 is 1.11 bits per heavy atom. The van der Waals surface area contributed by atoms with Crippen LogP contribution in [0.5, 0.6) is 0 Å². The average Bonchev–Trinajstić information content (AvgIpc) is 3.02. The SMILES string of the molecule is Cc1nn(-c2ccccc2)c(C)c1[C@H]1C(=O)NCCN1CCc1ccncc1. The van der Waals surface area contributed by atoms with Crippen molar-refractivity contribution < 1.29 is 4.79 Å². The number of nitrogens with zero attached hydrogens (tertiary/aromatic N) is 4. The van der Waals surface area contributed by atoms with Crippen molar-refractivity contribution in [2.75, 3.05) is 19.6 Å². The molecule has 28 heavy (non-hydrogen) atoms. The third-order valence-corrected chi connectivity index (χ3v) is 5.37. The molecule has 1 aliphatic heterocycles. The maximum Gasteiger partial charge on any atom is 0.242 e. The molecule has 0 unspecified atom stereocenters. The molecule has 6 nitrogen and oxygen atoms in total. The zero-order valence-electron chi connectivity index (χ0n) is 16.3. The highest BCUT2D eigenvalue weighted by Crippen LogP contribution is 2.30. The van der Waals surface area contributed by atoms with Crippen LogP contribution in [0.3, 0.4) is 0 Å². The zero-order valence-corrected chi connectivity index (χ0v) is 16.3. The van der Waals surface area contributed by atoms with Crippen LogP contribution in [0.2, 0.25) is 0 Å². The van der Waals surface area contributed by atoms with Gasteiger partial charge in [-0.1, -0.05) is 18.2 Å². The normalized spacial score (nSPS) is 17.5. The summed E-state index contributed by atoms with van der Waals surface area (Å²) >= 11 is 0. The molecule has 3 heterocycles. The molecule has 1 fully saturated rings. The number of aromatic nitrogens is 3. The first-order valence-electron chi connectivity index (χ1n) is 9.67. The maximum atomic E-state index is 12.9. The summed E-state index contributed by atoms with van der Waals surface area (Å²) in [5.41, 5.74) is 5.16. The molecule has 0 aliphatic carbocycles. The van der Waals surface area contributed by atoms with Crippen LogP contribution >= 0.6 is 0 Å². The largest absolute Gasteiger partial charge is 0.353 e. The van der Waals surface area contributed by atoms with E-state index in [4.69, 9.17) is 5.10 Å². The predicted molar refractivity (Wildman–Crippen MR) is 108 cm³/mol. The molecule has 1 aliphatic rings. The molecule has 0 bridgehead atoms. The number of hydrogen-bond donors (Lipinski definition) is 1. The highest BCUT2D eigenvalue weighted by atomic mass is 16.2. The Balaban J connectivity index is 1.65. The monoisotopic (exact) mass is 375 g/mol. The Hall–Kier alpha value is -2.99. The van der Waals surface area contributed by atoms with Gasteiger partial charge in [0.05, 0.1) is 11.4 Å². The van der Waals surface area contributed by atoms with Crippen molar-refractivity contribution in [1.29, 1.82) is 0 Å². The van der Waals surface area contributed by atoms with Crippen molar-refractivity contribution in [3.8, 4) is 5.69 Å². The van der Waals surface area contributed by atoms with Crippen LogP contribution in [-0.4, -0.2) is 45.2 Å². The standard InChI is InChI=1S/C22H25N5O/c1-16-20(17(2)27(25-16)19-6-4-3-5-7-19)21-22(28)24-13-15-26(21)14-10-18-8-11-23-12-9-18/h3-9,11-12,21H,10,13-15H2,1-2H3,(H,24,28)/t21-/m0/s1. The van der Waals surface area contributed by atoms with Gasteiger partial charge in [-0.05, 0) is 50.1 Å². The van der Waals surface area contributed by atoms with Crippen molar-refractivity contribution in [2.45, 2.75) is 26.3 Å². The second-order valence-electron chi connectivity index (χ2n) is 7.17. The van der Waals surface area contributed by atoms with Gasteiger partial charge >= 0.3 is 0 Å². The first kappa shape index (κ1) is 18.4. The number of para-hydroxylation sites is 1. The number of carbonyl (C=O) groups is 1. The van der Waals surface area contributed by atoms with E-state index in [2.05, 4.69) is 15.2 Å². The topological polar surface area (TPSA) is 63.1 Å². The molecule has 0 saturated carbocycles. The molecule has 1 atom stereocenters. The number of benzene rings is 1. The van der Waals surface area contributed by atoms with Gasteiger partial charge in [-0.2, -0.15) is 5.10 Å². The van der Waals surface area contributed by atoms with Gasteiger partial charge in [0.2, 0.25) is 5.91 Å². The lowest BCUT2D eigenvalue weighted by Crippen LogP contribution is -2.50. The number of hydrogen-bond acceptors (Lipinski definition) is 4. The number of nitrogens with one attached hydrogen (secondary N) is 1. The molecule has 6 heteroatoms. The second-order valence-corrected chi connectivity index (χ2v) is 7.17. The van der Waals surface area contributed by atoms with E-state index in [1.807, 2.05) is 73.4 Å². The van der Waals surface area contributed by atoms with Gasteiger partial charge in [-0.25, -0.2) is 4.68 Å². The highest BCUT2D eigenvalue weighted by Gasteiger charge is 2.35. The Labute approximate surface area is 165 Å². The van der Waals surface area contributed by atoms with Crippen LogP contribution in [0.1, 0.15) is 28.6 Å². The van der Waals surface area contributed by atoms with Gasteiger partial charge < -0.3 is 5.32 Å². The Morgan fingerprint density at radius 2 is 1.86 bits per heavy atom. The van der Waals surface area contributed by atoms with E-state index in [1.165, 1.54) is 5.56 Å². The number of amides is 1. The summed E-state index contributed by atoms with van der Waals surface area (Å²) in [6.45, 7) is 6.36. The molecule has 1 aromatic carbocycles. The summed E-state index contributed by atoms with van der Waals surface area (Å²) in [6, 6.07) is 13.8. The van der Waals surface area contributed by atoms with Gasteiger partial charge in [0.1, 0.15) is 6.04 Å². The predicted octanol–water partition coefficient (Wildman–Crippen LogP) is 2.60. The molecular weight excluding hydrogens is 350 g/mol. The van der Waals surface area contributed by atoms with Crippen LogP contribution < -0.4 is 5.32 Å². The molecule has 4 rings (SSSR count). The third kappa shape index (κ3) is 3.55. The van der Waals surface area contributed by atoms with E-state index in [0.29, 0.717) is 6.54 Å². The van der Waals surface area contributed by atoms with Crippen LogP contribution in [0.4, 0.5) is 0 Å². The minimum atomic E-state index is -0.312. The summed E-state index contributed by atoms with van der Waals surface area (Å²) in [7, 11) is 0. The number of pyridine rings is 1. The minimum absolute atomic E-state index is 0.0554. The number of rotatable bonds is 5. The molecule has 1 amide bonds. The van der Waals surface area contributed by atoms with Crippen molar-refractivity contribution >= 4 is 5.91 Å². The maximum absolute atomic E-state index is 12.9.